The van der Waals surface area contributed by atoms with Crippen LogP contribution in [-0.2, 0) is 10.2 Å². The van der Waals surface area contributed by atoms with Gasteiger partial charge in [0.25, 0.3) is 0 Å². The van der Waals surface area contributed by atoms with E-state index < -0.39 is 10.2 Å². The maximum absolute atomic E-state index is 12.8. The molecular weight excluding hydrogens is 231 g/mol. The molecule has 0 fully saturated rings. The standard InChI is InChI=1S/C11H11FO3S/c1-7-3-8(2)10-5-9(16(12,13)14)6-15-11(10)4-7/h3-5H,6H2,1-2H3. The van der Waals surface area contributed by atoms with Crippen molar-refractivity contribution in [2.24, 2.45) is 0 Å². The zero-order chi connectivity index (χ0) is 11.9. The van der Waals surface area contributed by atoms with Crippen molar-refractivity contribution in [3.05, 3.63) is 33.7 Å². The van der Waals surface area contributed by atoms with Crippen LogP contribution >= 0.6 is 0 Å². The number of rotatable bonds is 1. The van der Waals surface area contributed by atoms with Gasteiger partial charge in [0.1, 0.15) is 17.3 Å². The highest BCUT2D eigenvalue weighted by molar-refractivity contribution is 7.90. The van der Waals surface area contributed by atoms with Crippen molar-refractivity contribution in [2.45, 2.75) is 13.8 Å². The van der Waals surface area contributed by atoms with Crippen LogP contribution < -0.4 is 4.74 Å². The molecule has 0 aliphatic carbocycles. The van der Waals surface area contributed by atoms with Crippen LogP contribution in [0.4, 0.5) is 3.89 Å². The van der Waals surface area contributed by atoms with Crippen LogP contribution in [0.25, 0.3) is 6.08 Å². The minimum Gasteiger partial charge on any atom is -0.487 e. The number of fused-ring (bicyclic) bond motifs is 1. The van der Waals surface area contributed by atoms with Crippen LogP contribution in [0.2, 0.25) is 0 Å². The Morgan fingerprint density at radius 2 is 2.00 bits per heavy atom. The molecule has 16 heavy (non-hydrogen) atoms. The van der Waals surface area contributed by atoms with E-state index in [0.717, 1.165) is 11.1 Å². The summed E-state index contributed by atoms with van der Waals surface area (Å²) in [6, 6.07) is 3.70. The van der Waals surface area contributed by atoms with Gasteiger partial charge in [-0.25, -0.2) is 0 Å². The molecule has 0 radical (unpaired) electrons. The molecule has 5 heteroatoms. The Balaban J connectivity index is 2.61. The van der Waals surface area contributed by atoms with Gasteiger partial charge in [0, 0.05) is 5.56 Å². The van der Waals surface area contributed by atoms with Crippen molar-refractivity contribution in [1.29, 1.82) is 0 Å². The second-order valence-electron chi connectivity index (χ2n) is 3.83. The number of ether oxygens (including phenoxy) is 1. The van der Waals surface area contributed by atoms with Gasteiger partial charge >= 0.3 is 10.2 Å². The number of hydrogen-bond acceptors (Lipinski definition) is 3. The Bertz CT molecular complexity index is 573. The van der Waals surface area contributed by atoms with Crippen molar-refractivity contribution in [3.63, 3.8) is 0 Å². The normalized spacial score (nSPS) is 15.1. The van der Waals surface area contributed by atoms with E-state index in [2.05, 4.69) is 0 Å². The van der Waals surface area contributed by atoms with Gasteiger partial charge in [-0.15, -0.1) is 3.89 Å². The third-order valence-corrected chi connectivity index (χ3v) is 3.34. The molecule has 1 aromatic rings. The molecule has 86 valence electrons. The fourth-order valence-corrected chi connectivity index (χ4v) is 2.19. The van der Waals surface area contributed by atoms with Crippen molar-refractivity contribution < 1.29 is 17.0 Å². The lowest BCUT2D eigenvalue weighted by Crippen LogP contribution is -2.13. The molecule has 0 atom stereocenters. The summed E-state index contributed by atoms with van der Waals surface area (Å²) in [4.78, 5) is -0.327. The number of benzene rings is 1. The highest BCUT2D eigenvalue weighted by Crippen LogP contribution is 2.32. The van der Waals surface area contributed by atoms with Crippen LogP contribution in [0, 0.1) is 13.8 Å². The first-order valence-corrected chi connectivity index (χ1v) is 6.15. The first-order valence-electron chi connectivity index (χ1n) is 4.77. The predicted molar refractivity (Wildman–Crippen MR) is 59.4 cm³/mol. The Kier molecular flexibility index (Phi) is 2.50. The highest BCUT2D eigenvalue weighted by atomic mass is 32.3. The number of aryl methyl sites for hydroxylation is 2. The average molecular weight is 242 g/mol. The Morgan fingerprint density at radius 1 is 1.31 bits per heavy atom. The second-order valence-corrected chi connectivity index (χ2v) is 5.23. The molecule has 1 aliphatic rings. The summed E-state index contributed by atoms with van der Waals surface area (Å²) < 4.78 is 39.6. The summed E-state index contributed by atoms with van der Waals surface area (Å²) in [5, 5.41) is 0. The van der Waals surface area contributed by atoms with Gasteiger partial charge in [0.15, 0.2) is 0 Å². The maximum atomic E-state index is 12.8. The third-order valence-electron chi connectivity index (χ3n) is 2.48. The van der Waals surface area contributed by atoms with Crippen LogP contribution in [0.5, 0.6) is 5.75 Å². The van der Waals surface area contributed by atoms with E-state index in [1.807, 2.05) is 19.9 Å². The molecular formula is C11H11FO3S. The molecule has 0 spiro atoms. The van der Waals surface area contributed by atoms with E-state index in [4.69, 9.17) is 4.74 Å². The zero-order valence-electron chi connectivity index (χ0n) is 8.95. The summed E-state index contributed by atoms with van der Waals surface area (Å²) >= 11 is 0. The lowest BCUT2D eigenvalue weighted by Gasteiger charge is -2.18. The fourth-order valence-electron chi connectivity index (χ4n) is 1.74. The molecule has 0 aromatic heterocycles. The van der Waals surface area contributed by atoms with Crippen LogP contribution in [0.15, 0.2) is 17.0 Å². The van der Waals surface area contributed by atoms with E-state index in [9.17, 15) is 12.3 Å². The van der Waals surface area contributed by atoms with Gasteiger partial charge in [-0.3, -0.25) is 0 Å². The maximum Gasteiger partial charge on any atom is 0.331 e. The Hall–Kier alpha value is -1.36. The smallest absolute Gasteiger partial charge is 0.331 e. The largest absolute Gasteiger partial charge is 0.487 e. The molecule has 0 saturated heterocycles. The van der Waals surface area contributed by atoms with Gasteiger partial charge in [-0.2, -0.15) is 8.42 Å². The monoisotopic (exact) mass is 242 g/mol. The van der Waals surface area contributed by atoms with E-state index in [1.54, 1.807) is 6.07 Å². The minimum atomic E-state index is -4.66. The summed E-state index contributed by atoms with van der Waals surface area (Å²) in [6.07, 6.45) is 1.34. The van der Waals surface area contributed by atoms with Crippen molar-refractivity contribution in [1.82, 2.24) is 0 Å². The third kappa shape index (κ3) is 1.95. The van der Waals surface area contributed by atoms with Gasteiger partial charge in [-0.1, -0.05) is 6.07 Å². The van der Waals surface area contributed by atoms with Gasteiger partial charge < -0.3 is 4.74 Å². The van der Waals surface area contributed by atoms with E-state index in [1.165, 1.54) is 6.08 Å². The van der Waals surface area contributed by atoms with Crippen molar-refractivity contribution in [3.8, 4) is 5.75 Å². The SMILES string of the molecule is Cc1cc(C)c2c(c1)OCC(S(=O)(=O)F)=C2. The second kappa shape index (κ2) is 3.59. The number of halogens is 1. The van der Waals surface area contributed by atoms with E-state index >= 15 is 0 Å². The summed E-state index contributed by atoms with van der Waals surface area (Å²) in [7, 11) is -4.66. The summed E-state index contributed by atoms with van der Waals surface area (Å²) in [5.41, 5.74) is 2.53. The molecule has 0 bridgehead atoms. The molecule has 0 unspecified atom stereocenters. The lowest BCUT2D eigenvalue weighted by molar-refractivity contribution is 0.351. The first-order chi connectivity index (χ1) is 7.38. The van der Waals surface area contributed by atoms with Gasteiger partial charge in [0.05, 0.1) is 0 Å². The molecule has 0 amide bonds. The molecule has 2 rings (SSSR count). The topological polar surface area (TPSA) is 43.4 Å². The molecule has 1 heterocycles. The Morgan fingerprint density at radius 3 is 2.62 bits per heavy atom. The summed E-state index contributed by atoms with van der Waals surface area (Å²) in [5.74, 6) is 0.602. The highest BCUT2D eigenvalue weighted by Gasteiger charge is 2.23. The molecule has 3 nitrogen and oxygen atoms in total. The Labute approximate surface area is 93.8 Å². The van der Waals surface area contributed by atoms with Crippen molar-refractivity contribution >= 4 is 16.3 Å². The van der Waals surface area contributed by atoms with Crippen LogP contribution in [0.1, 0.15) is 16.7 Å². The van der Waals surface area contributed by atoms with Crippen molar-refractivity contribution in [2.75, 3.05) is 6.61 Å². The van der Waals surface area contributed by atoms with E-state index in [-0.39, 0.29) is 11.5 Å². The van der Waals surface area contributed by atoms with Gasteiger partial charge in [-0.05, 0) is 37.1 Å². The predicted octanol–water partition coefficient (Wildman–Crippen LogP) is 2.34. The quantitative estimate of drug-likeness (QED) is 0.710. The average Bonchev–Trinajstić information content (AvgIpc) is 2.15. The fraction of sp³-hybridized carbons (Fsp3) is 0.273. The lowest BCUT2D eigenvalue weighted by atomic mass is 10.0. The number of hydrogen-bond donors (Lipinski definition) is 0. The zero-order valence-corrected chi connectivity index (χ0v) is 9.77. The first kappa shape index (κ1) is 11.1. The minimum absolute atomic E-state index is 0.241. The van der Waals surface area contributed by atoms with Crippen LogP contribution in [-0.4, -0.2) is 15.0 Å². The molecule has 0 N–H and O–H groups in total. The van der Waals surface area contributed by atoms with E-state index in [0.29, 0.717) is 11.3 Å². The van der Waals surface area contributed by atoms with Crippen LogP contribution in [0.3, 0.4) is 0 Å². The van der Waals surface area contributed by atoms with Gasteiger partial charge in [0.2, 0.25) is 0 Å². The molecule has 1 aromatic carbocycles. The molecule has 1 aliphatic heterocycles. The summed E-state index contributed by atoms with van der Waals surface area (Å²) in [6.45, 7) is 3.51. The molecule has 0 saturated carbocycles.